The minimum atomic E-state index is -0.310. The second-order valence-corrected chi connectivity index (χ2v) is 6.76. The van der Waals surface area contributed by atoms with Gasteiger partial charge in [-0.1, -0.05) is 6.07 Å². The van der Waals surface area contributed by atoms with Crippen molar-refractivity contribution >= 4 is 17.5 Å². The van der Waals surface area contributed by atoms with Crippen molar-refractivity contribution in [1.29, 1.82) is 0 Å². The first-order chi connectivity index (χ1) is 11.0. The second-order valence-electron chi connectivity index (χ2n) is 6.76. The van der Waals surface area contributed by atoms with Gasteiger partial charge in [0.25, 0.3) is 0 Å². The fourth-order valence-electron chi connectivity index (χ4n) is 3.09. The second kappa shape index (κ2) is 6.69. The Morgan fingerprint density at radius 2 is 1.91 bits per heavy atom. The van der Waals surface area contributed by atoms with Crippen LogP contribution in [0.15, 0.2) is 18.2 Å². The summed E-state index contributed by atoms with van der Waals surface area (Å²) in [6.07, 6.45) is 4.24. The SMILES string of the molecule is Cc1ccc(NC(=O)CC2CCN(C(=O)C3CC3)CC2)cc1F. The number of halogens is 1. The number of anilines is 1. The van der Waals surface area contributed by atoms with Crippen LogP contribution in [0.25, 0.3) is 0 Å². The average Bonchev–Trinajstić information content (AvgIpc) is 3.36. The highest BCUT2D eigenvalue weighted by Crippen LogP contribution is 2.32. The van der Waals surface area contributed by atoms with E-state index in [1.807, 2.05) is 4.90 Å². The van der Waals surface area contributed by atoms with Crippen LogP contribution in [0.1, 0.15) is 37.7 Å². The van der Waals surface area contributed by atoms with Gasteiger partial charge in [-0.15, -0.1) is 0 Å². The third-order valence-electron chi connectivity index (χ3n) is 4.78. The van der Waals surface area contributed by atoms with Gasteiger partial charge in [-0.05, 0) is 56.2 Å². The molecule has 1 aliphatic heterocycles. The summed E-state index contributed by atoms with van der Waals surface area (Å²) in [6, 6.07) is 4.73. The summed E-state index contributed by atoms with van der Waals surface area (Å²) in [5.41, 5.74) is 1.06. The number of aryl methyl sites for hydroxylation is 1. The van der Waals surface area contributed by atoms with E-state index < -0.39 is 0 Å². The van der Waals surface area contributed by atoms with Crippen molar-refractivity contribution in [3.05, 3.63) is 29.6 Å². The van der Waals surface area contributed by atoms with E-state index in [0.717, 1.165) is 38.8 Å². The Hall–Kier alpha value is -1.91. The molecule has 1 N–H and O–H groups in total. The Morgan fingerprint density at radius 1 is 1.22 bits per heavy atom. The molecule has 2 aliphatic rings. The Bertz CT molecular complexity index is 605. The standard InChI is InChI=1S/C18H23FN2O2/c1-12-2-5-15(11-16(12)19)20-17(22)10-13-6-8-21(9-7-13)18(23)14-3-4-14/h2,5,11,13-14H,3-4,6-10H2,1H3,(H,20,22). The summed E-state index contributed by atoms with van der Waals surface area (Å²) in [5.74, 6) is 0.470. The normalized spacial score (nSPS) is 18.8. The van der Waals surface area contributed by atoms with Crippen LogP contribution in [0, 0.1) is 24.6 Å². The maximum Gasteiger partial charge on any atom is 0.225 e. The molecule has 124 valence electrons. The van der Waals surface area contributed by atoms with Gasteiger partial charge >= 0.3 is 0 Å². The molecule has 0 unspecified atom stereocenters. The summed E-state index contributed by atoms with van der Waals surface area (Å²) in [7, 11) is 0. The van der Waals surface area contributed by atoms with E-state index in [-0.39, 0.29) is 17.6 Å². The molecular weight excluding hydrogens is 295 g/mol. The molecule has 3 rings (SSSR count). The number of carbonyl (C=O) groups is 2. The third-order valence-corrected chi connectivity index (χ3v) is 4.78. The van der Waals surface area contributed by atoms with Gasteiger partial charge < -0.3 is 10.2 Å². The van der Waals surface area contributed by atoms with Crippen LogP contribution < -0.4 is 5.32 Å². The minimum Gasteiger partial charge on any atom is -0.342 e. The van der Waals surface area contributed by atoms with Gasteiger partial charge in [0.05, 0.1) is 0 Å². The molecule has 1 saturated heterocycles. The highest BCUT2D eigenvalue weighted by molar-refractivity contribution is 5.90. The first-order valence-electron chi connectivity index (χ1n) is 8.37. The van der Waals surface area contributed by atoms with Gasteiger partial charge in [-0.25, -0.2) is 4.39 Å². The number of likely N-dealkylation sites (tertiary alicyclic amines) is 1. The first-order valence-corrected chi connectivity index (χ1v) is 8.37. The maximum atomic E-state index is 13.5. The Balaban J connectivity index is 1.45. The van der Waals surface area contributed by atoms with E-state index in [0.29, 0.717) is 29.5 Å². The molecule has 0 radical (unpaired) electrons. The zero-order valence-electron chi connectivity index (χ0n) is 13.5. The van der Waals surface area contributed by atoms with Crippen molar-refractivity contribution in [3.8, 4) is 0 Å². The number of nitrogens with zero attached hydrogens (tertiary/aromatic N) is 1. The van der Waals surface area contributed by atoms with Crippen molar-refractivity contribution in [2.75, 3.05) is 18.4 Å². The number of hydrogen-bond acceptors (Lipinski definition) is 2. The number of benzene rings is 1. The number of piperidine rings is 1. The Labute approximate surface area is 136 Å². The number of rotatable bonds is 4. The molecule has 23 heavy (non-hydrogen) atoms. The van der Waals surface area contributed by atoms with Crippen molar-refractivity contribution < 1.29 is 14.0 Å². The van der Waals surface area contributed by atoms with E-state index in [1.165, 1.54) is 6.07 Å². The zero-order chi connectivity index (χ0) is 16.4. The van der Waals surface area contributed by atoms with Gasteiger partial charge in [0, 0.05) is 31.1 Å². The lowest BCUT2D eigenvalue weighted by Gasteiger charge is -2.31. The smallest absolute Gasteiger partial charge is 0.225 e. The molecule has 1 aromatic rings. The highest BCUT2D eigenvalue weighted by Gasteiger charge is 2.35. The fourth-order valence-corrected chi connectivity index (χ4v) is 3.09. The molecule has 1 aromatic carbocycles. The first kappa shape index (κ1) is 16.0. The molecule has 4 nitrogen and oxygen atoms in total. The van der Waals surface area contributed by atoms with E-state index >= 15 is 0 Å². The predicted octanol–water partition coefficient (Wildman–Crippen LogP) is 3.11. The van der Waals surface area contributed by atoms with Crippen LogP contribution in [0.4, 0.5) is 10.1 Å². The maximum absolute atomic E-state index is 13.5. The van der Waals surface area contributed by atoms with E-state index in [9.17, 15) is 14.0 Å². The van der Waals surface area contributed by atoms with E-state index in [1.54, 1.807) is 19.1 Å². The number of hydrogen-bond donors (Lipinski definition) is 1. The molecule has 1 heterocycles. The van der Waals surface area contributed by atoms with Crippen molar-refractivity contribution in [2.24, 2.45) is 11.8 Å². The van der Waals surface area contributed by atoms with Crippen molar-refractivity contribution in [3.63, 3.8) is 0 Å². The Kier molecular flexibility index (Phi) is 4.64. The van der Waals surface area contributed by atoms with Crippen LogP contribution in [0.5, 0.6) is 0 Å². The van der Waals surface area contributed by atoms with Gasteiger partial charge in [0.1, 0.15) is 5.82 Å². The van der Waals surface area contributed by atoms with Crippen LogP contribution in [-0.4, -0.2) is 29.8 Å². The molecule has 0 bridgehead atoms. The Morgan fingerprint density at radius 3 is 2.52 bits per heavy atom. The molecule has 0 atom stereocenters. The van der Waals surface area contributed by atoms with Crippen LogP contribution in [0.3, 0.4) is 0 Å². The summed E-state index contributed by atoms with van der Waals surface area (Å²) in [5, 5.41) is 2.76. The molecule has 2 fully saturated rings. The lowest BCUT2D eigenvalue weighted by atomic mass is 9.93. The minimum absolute atomic E-state index is 0.0831. The quantitative estimate of drug-likeness (QED) is 0.927. The highest BCUT2D eigenvalue weighted by atomic mass is 19.1. The molecule has 2 amide bonds. The molecule has 0 spiro atoms. The summed E-state index contributed by atoms with van der Waals surface area (Å²) < 4.78 is 13.5. The predicted molar refractivity (Wildman–Crippen MR) is 86.4 cm³/mol. The lowest BCUT2D eigenvalue weighted by Crippen LogP contribution is -2.40. The van der Waals surface area contributed by atoms with Gasteiger partial charge in [0.2, 0.25) is 11.8 Å². The van der Waals surface area contributed by atoms with Crippen LogP contribution in [-0.2, 0) is 9.59 Å². The zero-order valence-corrected chi connectivity index (χ0v) is 13.5. The number of carbonyl (C=O) groups excluding carboxylic acids is 2. The number of amides is 2. The van der Waals surface area contributed by atoms with Crippen molar-refractivity contribution in [2.45, 2.75) is 39.0 Å². The monoisotopic (exact) mass is 318 g/mol. The fraction of sp³-hybridized carbons (Fsp3) is 0.556. The topological polar surface area (TPSA) is 49.4 Å². The molecule has 1 saturated carbocycles. The average molecular weight is 318 g/mol. The van der Waals surface area contributed by atoms with Gasteiger partial charge in [-0.2, -0.15) is 0 Å². The van der Waals surface area contributed by atoms with Gasteiger partial charge in [-0.3, -0.25) is 9.59 Å². The van der Waals surface area contributed by atoms with E-state index in [4.69, 9.17) is 0 Å². The molecular formula is C18H23FN2O2. The largest absolute Gasteiger partial charge is 0.342 e. The number of nitrogens with one attached hydrogen (secondary N) is 1. The summed E-state index contributed by atoms with van der Waals surface area (Å²) >= 11 is 0. The van der Waals surface area contributed by atoms with Crippen LogP contribution in [0.2, 0.25) is 0 Å². The van der Waals surface area contributed by atoms with E-state index in [2.05, 4.69) is 5.32 Å². The van der Waals surface area contributed by atoms with Crippen molar-refractivity contribution in [1.82, 2.24) is 4.90 Å². The van der Waals surface area contributed by atoms with Crippen LogP contribution >= 0.6 is 0 Å². The summed E-state index contributed by atoms with van der Waals surface area (Å²) in [6.45, 7) is 3.20. The summed E-state index contributed by atoms with van der Waals surface area (Å²) in [4.78, 5) is 26.0. The molecule has 1 aliphatic carbocycles. The third kappa shape index (κ3) is 4.09. The van der Waals surface area contributed by atoms with Gasteiger partial charge in [0.15, 0.2) is 0 Å². The molecule has 5 heteroatoms. The lowest BCUT2D eigenvalue weighted by molar-refractivity contribution is -0.134. The molecule has 0 aromatic heterocycles.